The monoisotopic (exact) mass is 414 g/mol. The zero-order chi connectivity index (χ0) is 21.6. The van der Waals surface area contributed by atoms with Gasteiger partial charge in [-0.1, -0.05) is 37.3 Å². The summed E-state index contributed by atoms with van der Waals surface area (Å²) in [5.74, 6) is -1.16. The van der Waals surface area contributed by atoms with Gasteiger partial charge in [0.1, 0.15) is 11.4 Å². The third-order valence-electron chi connectivity index (χ3n) is 4.27. The minimum atomic E-state index is -1.04. The SMILES string of the molecule is CCC(C)(Nc1cnc(C(N)=O)c(N=C([SH2+])/C=C(\N)c2ccccc2)n1)C(N)=O. The Morgan fingerprint density at radius 3 is 2.45 bits per heavy atom. The summed E-state index contributed by atoms with van der Waals surface area (Å²) in [6.07, 6.45) is 3.27. The van der Waals surface area contributed by atoms with E-state index in [0.717, 1.165) is 5.56 Å². The molecule has 29 heavy (non-hydrogen) atoms. The van der Waals surface area contributed by atoms with E-state index < -0.39 is 17.4 Å². The van der Waals surface area contributed by atoms with E-state index in [0.29, 0.717) is 17.2 Å². The Hall–Kier alpha value is -3.40. The molecule has 0 spiro atoms. The number of benzene rings is 1. The lowest BCUT2D eigenvalue weighted by molar-refractivity contribution is -0.121. The lowest BCUT2D eigenvalue weighted by Crippen LogP contribution is -2.47. The lowest BCUT2D eigenvalue weighted by Gasteiger charge is -2.26. The van der Waals surface area contributed by atoms with Crippen molar-refractivity contribution in [3.63, 3.8) is 0 Å². The summed E-state index contributed by atoms with van der Waals surface area (Å²) in [5.41, 5.74) is 17.0. The van der Waals surface area contributed by atoms with Crippen LogP contribution in [0.4, 0.5) is 11.6 Å². The number of nitrogens with zero attached hydrogens (tertiary/aromatic N) is 3. The summed E-state index contributed by atoms with van der Waals surface area (Å²) < 4.78 is 0. The fourth-order valence-corrected chi connectivity index (χ4v) is 2.57. The van der Waals surface area contributed by atoms with E-state index in [1.165, 1.54) is 6.20 Å². The van der Waals surface area contributed by atoms with Crippen LogP contribution in [0.25, 0.3) is 5.70 Å². The van der Waals surface area contributed by atoms with Gasteiger partial charge in [0.15, 0.2) is 11.5 Å². The molecule has 152 valence electrons. The van der Waals surface area contributed by atoms with Gasteiger partial charge in [-0.15, -0.1) is 0 Å². The van der Waals surface area contributed by atoms with Crippen molar-refractivity contribution in [1.29, 1.82) is 0 Å². The molecule has 2 rings (SSSR count). The van der Waals surface area contributed by atoms with Crippen LogP contribution in [0, 0.1) is 0 Å². The molecule has 1 unspecified atom stereocenters. The molecule has 0 fully saturated rings. The van der Waals surface area contributed by atoms with Crippen LogP contribution in [0.2, 0.25) is 0 Å². The zero-order valence-corrected chi connectivity index (χ0v) is 17.1. The Kier molecular flexibility index (Phi) is 6.94. The smallest absolute Gasteiger partial charge is 0.271 e. The van der Waals surface area contributed by atoms with E-state index in [2.05, 4.69) is 32.9 Å². The molecule has 1 heterocycles. The van der Waals surface area contributed by atoms with Gasteiger partial charge in [-0.05, 0) is 18.9 Å². The lowest BCUT2D eigenvalue weighted by atomic mass is 9.98. The molecular weight excluding hydrogens is 390 g/mol. The number of carbonyl (C=O) groups is 2. The maximum atomic E-state index is 11.7. The molecule has 0 radical (unpaired) electrons. The van der Waals surface area contributed by atoms with Crippen LogP contribution in [0.5, 0.6) is 0 Å². The van der Waals surface area contributed by atoms with Crippen molar-refractivity contribution in [1.82, 2.24) is 9.97 Å². The van der Waals surface area contributed by atoms with Crippen molar-refractivity contribution in [3.05, 3.63) is 53.9 Å². The van der Waals surface area contributed by atoms with Gasteiger partial charge in [0.2, 0.25) is 11.0 Å². The van der Waals surface area contributed by atoms with Crippen LogP contribution in [0.1, 0.15) is 36.3 Å². The number of nitrogens with one attached hydrogen (secondary N) is 1. The molecule has 0 bridgehead atoms. The van der Waals surface area contributed by atoms with Gasteiger partial charge in [0, 0.05) is 24.4 Å². The highest BCUT2D eigenvalue weighted by molar-refractivity contribution is 7.78. The average Bonchev–Trinajstić information content (AvgIpc) is 2.68. The Morgan fingerprint density at radius 1 is 1.24 bits per heavy atom. The number of aromatic nitrogens is 2. The Morgan fingerprint density at radius 2 is 1.90 bits per heavy atom. The molecule has 0 saturated carbocycles. The van der Waals surface area contributed by atoms with Gasteiger partial charge in [-0.25, -0.2) is 9.97 Å². The van der Waals surface area contributed by atoms with Gasteiger partial charge in [0.25, 0.3) is 5.91 Å². The van der Waals surface area contributed by atoms with E-state index in [1.54, 1.807) is 19.9 Å². The Balaban J connectivity index is 2.43. The fourth-order valence-electron chi connectivity index (χ4n) is 2.31. The van der Waals surface area contributed by atoms with Crippen LogP contribution < -0.4 is 22.5 Å². The predicted molar refractivity (Wildman–Crippen MR) is 118 cm³/mol. The van der Waals surface area contributed by atoms with Crippen molar-refractivity contribution in [2.75, 3.05) is 5.32 Å². The molecule has 1 atom stereocenters. The summed E-state index contributed by atoms with van der Waals surface area (Å²) in [6.45, 7) is 3.44. The highest BCUT2D eigenvalue weighted by Crippen LogP contribution is 2.21. The van der Waals surface area contributed by atoms with E-state index in [9.17, 15) is 9.59 Å². The molecule has 7 N–H and O–H groups in total. The van der Waals surface area contributed by atoms with Crippen LogP contribution >= 0.6 is 0 Å². The average molecular weight is 415 g/mol. The molecule has 2 aromatic rings. The maximum Gasteiger partial charge on any atom is 0.271 e. The minimum absolute atomic E-state index is 0.0347. The highest BCUT2D eigenvalue weighted by atomic mass is 32.1. The Bertz CT molecular complexity index is 976. The molecule has 0 aliphatic heterocycles. The first-order chi connectivity index (χ1) is 13.7. The molecule has 2 amide bonds. The standard InChI is InChI=1S/C19H23N7O2S/c1-3-19(2,18(22)28)26-13-10-23-15(16(21)27)17(24-13)25-14(29)9-12(20)11-7-5-4-6-8-11/h4-10H,3,20H2,1-2H3,(H2,21,27)(H2,22,28)(H2,24,25,26,29)/p+1/b12-9-. The number of hydrogen-bond acceptors (Lipinski definition) is 7. The quantitative estimate of drug-likeness (QED) is 0.282. The summed E-state index contributed by atoms with van der Waals surface area (Å²) >= 11 is 3.36. The second-order valence-electron chi connectivity index (χ2n) is 6.43. The second-order valence-corrected chi connectivity index (χ2v) is 6.94. The number of rotatable bonds is 8. The number of primary amides is 2. The number of nitrogens with two attached hydrogens (primary N) is 3. The topological polar surface area (TPSA) is 162 Å². The van der Waals surface area contributed by atoms with Gasteiger partial charge in [-0.3, -0.25) is 9.59 Å². The molecule has 0 saturated heterocycles. The first-order valence-electron chi connectivity index (χ1n) is 8.74. The van der Waals surface area contributed by atoms with Crippen molar-refractivity contribution in [2.24, 2.45) is 22.2 Å². The van der Waals surface area contributed by atoms with Crippen LogP contribution in [0.3, 0.4) is 0 Å². The van der Waals surface area contributed by atoms with Crippen molar-refractivity contribution in [3.8, 4) is 0 Å². The van der Waals surface area contributed by atoms with Crippen molar-refractivity contribution < 1.29 is 9.59 Å². The zero-order valence-electron chi connectivity index (χ0n) is 16.1. The molecule has 0 aliphatic rings. The first-order valence-corrected chi connectivity index (χ1v) is 9.24. The number of aliphatic imine (C=N–C) groups is 1. The molecule has 1 aromatic heterocycles. The van der Waals surface area contributed by atoms with Gasteiger partial charge < -0.3 is 22.5 Å². The molecule has 10 heteroatoms. The number of carbonyl (C=O) groups excluding carboxylic acids is 2. The molecule has 1 aromatic carbocycles. The number of anilines is 1. The summed E-state index contributed by atoms with van der Waals surface area (Å²) in [4.78, 5) is 36.0. The highest BCUT2D eigenvalue weighted by Gasteiger charge is 2.29. The molecule has 9 nitrogen and oxygen atoms in total. The minimum Gasteiger partial charge on any atom is -0.398 e. The van der Waals surface area contributed by atoms with Crippen LogP contribution in [0.15, 0.2) is 47.6 Å². The second kappa shape index (κ2) is 9.20. The largest absolute Gasteiger partial charge is 0.398 e. The van der Waals surface area contributed by atoms with E-state index in [1.807, 2.05) is 30.3 Å². The van der Waals surface area contributed by atoms with Gasteiger partial charge in [0.05, 0.1) is 6.20 Å². The third-order valence-corrected chi connectivity index (χ3v) is 4.52. The van der Waals surface area contributed by atoms with Gasteiger partial charge >= 0.3 is 0 Å². The normalized spacial score (nSPS) is 14.2. The van der Waals surface area contributed by atoms with Crippen LogP contribution in [-0.4, -0.2) is 32.4 Å². The summed E-state index contributed by atoms with van der Waals surface area (Å²) in [7, 11) is 0. The predicted octanol–water partition coefficient (Wildman–Crippen LogP) is 0.683. The Labute approximate surface area is 173 Å². The van der Waals surface area contributed by atoms with Crippen molar-refractivity contribution >= 4 is 46.8 Å². The number of hydrogen-bond donors (Lipinski definition) is 4. The van der Waals surface area contributed by atoms with Crippen molar-refractivity contribution in [2.45, 2.75) is 25.8 Å². The maximum absolute atomic E-state index is 11.7. The molecule has 0 aliphatic carbocycles. The molecular formula is C19H24N7O2S+. The van der Waals surface area contributed by atoms with E-state index in [-0.39, 0.29) is 17.3 Å². The first kappa shape index (κ1) is 21.9. The van der Waals surface area contributed by atoms with E-state index in [4.69, 9.17) is 17.2 Å². The van der Waals surface area contributed by atoms with Gasteiger partial charge in [-0.2, -0.15) is 4.99 Å². The van der Waals surface area contributed by atoms with Crippen LogP contribution in [-0.2, 0) is 17.4 Å². The summed E-state index contributed by atoms with van der Waals surface area (Å²) in [5, 5.41) is 3.22. The van der Waals surface area contributed by atoms with E-state index >= 15 is 0 Å². The summed E-state index contributed by atoms with van der Waals surface area (Å²) in [6, 6.07) is 9.29. The fraction of sp³-hybridized carbons (Fsp3) is 0.211. The number of amides is 2. The third kappa shape index (κ3) is 5.55.